The Balaban J connectivity index is 1.30. The van der Waals surface area contributed by atoms with Gasteiger partial charge in [-0.05, 0) is 31.8 Å². The number of aryl methyl sites for hydroxylation is 2. The number of aromatic nitrogens is 6. The molecule has 0 aliphatic carbocycles. The Morgan fingerprint density at radius 3 is 2.71 bits per heavy atom. The SMILES string of the molecule is Cc1ncnc(C(=O)N2CCN(c3c4n(c5nc(C6=CCOCC6)nn5c3=O)CCC4)CC2)c1O. The van der Waals surface area contributed by atoms with Crippen LogP contribution in [0.1, 0.15) is 40.5 Å². The van der Waals surface area contributed by atoms with E-state index < -0.39 is 0 Å². The van der Waals surface area contributed by atoms with Gasteiger partial charge in [0.2, 0.25) is 5.78 Å². The van der Waals surface area contributed by atoms with Crippen molar-refractivity contribution in [2.45, 2.75) is 32.7 Å². The minimum absolute atomic E-state index is 0.00546. The maximum absolute atomic E-state index is 13.6. The van der Waals surface area contributed by atoms with Gasteiger partial charge in [-0.25, -0.2) is 9.97 Å². The Kier molecular flexibility index (Phi) is 5.24. The molecule has 12 nitrogen and oxygen atoms in total. The summed E-state index contributed by atoms with van der Waals surface area (Å²) < 4.78 is 8.93. The number of anilines is 1. The molecule has 6 rings (SSSR count). The summed E-state index contributed by atoms with van der Waals surface area (Å²) in [6.07, 6.45) is 5.72. The number of aromatic hydroxyl groups is 1. The van der Waals surface area contributed by atoms with E-state index >= 15 is 0 Å². The highest BCUT2D eigenvalue weighted by Gasteiger charge is 2.31. The molecular weight excluding hydrogens is 452 g/mol. The van der Waals surface area contributed by atoms with E-state index in [0.717, 1.165) is 37.1 Å². The quantitative estimate of drug-likeness (QED) is 0.568. The smallest absolute Gasteiger partial charge is 0.299 e. The second-order valence-corrected chi connectivity index (χ2v) is 8.99. The maximum atomic E-state index is 13.6. The number of carbonyl (C=O) groups excluding carboxylic acids is 1. The number of carbonyl (C=O) groups is 1. The van der Waals surface area contributed by atoms with Gasteiger partial charge in [0.15, 0.2) is 17.3 Å². The van der Waals surface area contributed by atoms with Crippen molar-refractivity contribution < 1.29 is 14.6 Å². The lowest BCUT2D eigenvalue weighted by Gasteiger charge is -2.36. The van der Waals surface area contributed by atoms with Crippen LogP contribution >= 0.6 is 0 Å². The number of fused-ring (bicyclic) bond motifs is 3. The van der Waals surface area contributed by atoms with Crippen molar-refractivity contribution >= 4 is 22.9 Å². The first-order valence-corrected chi connectivity index (χ1v) is 11.9. The van der Waals surface area contributed by atoms with E-state index in [2.05, 4.69) is 19.6 Å². The highest BCUT2D eigenvalue weighted by molar-refractivity contribution is 5.95. The van der Waals surface area contributed by atoms with Crippen LogP contribution < -0.4 is 10.5 Å². The summed E-state index contributed by atoms with van der Waals surface area (Å²) in [5.41, 5.74) is 2.81. The molecule has 1 saturated heterocycles. The van der Waals surface area contributed by atoms with Crippen LogP contribution in [0.3, 0.4) is 0 Å². The summed E-state index contributed by atoms with van der Waals surface area (Å²) in [7, 11) is 0. The summed E-state index contributed by atoms with van der Waals surface area (Å²) >= 11 is 0. The third-order valence-corrected chi connectivity index (χ3v) is 6.96. The third-order valence-electron chi connectivity index (χ3n) is 6.96. The first kappa shape index (κ1) is 21.7. The summed E-state index contributed by atoms with van der Waals surface area (Å²) in [4.78, 5) is 42.9. The van der Waals surface area contributed by atoms with E-state index in [-0.39, 0.29) is 22.9 Å². The first-order chi connectivity index (χ1) is 17.0. The highest BCUT2D eigenvalue weighted by atomic mass is 16.5. The molecule has 3 aromatic heterocycles. The van der Waals surface area contributed by atoms with Crippen molar-refractivity contribution in [1.82, 2.24) is 34.0 Å². The van der Waals surface area contributed by atoms with E-state index in [0.29, 0.717) is 62.4 Å². The van der Waals surface area contributed by atoms with E-state index in [1.807, 2.05) is 11.0 Å². The van der Waals surface area contributed by atoms with Crippen LogP contribution in [0, 0.1) is 6.92 Å². The van der Waals surface area contributed by atoms with Gasteiger partial charge in [0.05, 0.1) is 24.6 Å². The van der Waals surface area contributed by atoms with Gasteiger partial charge in [-0.3, -0.25) is 9.59 Å². The van der Waals surface area contributed by atoms with Gasteiger partial charge < -0.3 is 24.2 Å². The predicted molar refractivity (Wildman–Crippen MR) is 126 cm³/mol. The summed E-state index contributed by atoms with van der Waals surface area (Å²) in [6, 6.07) is 0. The van der Waals surface area contributed by atoms with Crippen molar-refractivity contribution in [3.8, 4) is 5.75 Å². The molecule has 6 heterocycles. The molecule has 1 fully saturated rings. The van der Waals surface area contributed by atoms with Crippen LogP contribution in [0.15, 0.2) is 17.2 Å². The van der Waals surface area contributed by atoms with Crippen LogP contribution in [0.5, 0.6) is 5.75 Å². The summed E-state index contributed by atoms with van der Waals surface area (Å²) in [5, 5.41) is 14.8. The average molecular weight is 479 g/mol. The fourth-order valence-electron chi connectivity index (χ4n) is 5.07. The van der Waals surface area contributed by atoms with Crippen molar-refractivity contribution in [2.75, 3.05) is 44.3 Å². The number of hydrogen-bond acceptors (Lipinski definition) is 9. The first-order valence-electron chi connectivity index (χ1n) is 11.9. The lowest BCUT2D eigenvalue weighted by Crippen LogP contribution is -2.50. The monoisotopic (exact) mass is 478 g/mol. The minimum atomic E-state index is -0.337. The number of hydrogen-bond donors (Lipinski definition) is 1. The summed E-state index contributed by atoms with van der Waals surface area (Å²) in [5.74, 6) is 0.635. The second-order valence-electron chi connectivity index (χ2n) is 8.99. The molecule has 12 heteroatoms. The Morgan fingerprint density at radius 2 is 1.94 bits per heavy atom. The van der Waals surface area contributed by atoms with E-state index in [9.17, 15) is 14.7 Å². The maximum Gasteiger partial charge on any atom is 0.299 e. The number of nitrogens with zero attached hydrogens (tertiary/aromatic N) is 8. The Labute approximate surface area is 200 Å². The number of amides is 1. The van der Waals surface area contributed by atoms with Crippen molar-refractivity contribution in [3.05, 3.63) is 45.7 Å². The molecule has 0 spiro atoms. The van der Waals surface area contributed by atoms with Gasteiger partial charge in [-0.1, -0.05) is 6.08 Å². The van der Waals surface area contributed by atoms with Gasteiger partial charge in [0.1, 0.15) is 12.0 Å². The van der Waals surface area contributed by atoms with Crippen molar-refractivity contribution in [2.24, 2.45) is 0 Å². The van der Waals surface area contributed by atoms with Crippen LogP contribution in [0.4, 0.5) is 5.69 Å². The zero-order valence-corrected chi connectivity index (χ0v) is 19.5. The number of piperazine rings is 1. The molecule has 0 atom stereocenters. The molecule has 0 unspecified atom stereocenters. The van der Waals surface area contributed by atoms with E-state index in [4.69, 9.17) is 9.72 Å². The molecule has 3 aromatic rings. The fraction of sp³-hybridized carbons (Fsp3) is 0.478. The molecular formula is C23H26N8O4. The number of rotatable bonds is 3. The predicted octanol–water partition coefficient (Wildman–Crippen LogP) is 0.407. The molecule has 1 amide bonds. The largest absolute Gasteiger partial charge is 0.504 e. The van der Waals surface area contributed by atoms with Gasteiger partial charge >= 0.3 is 0 Å². The third kappa shape index (κ3) is 3.55. The zero-order chi connectivity index (χ0) is 24.1. The van der Waals surface area contributed by atoms with Gasteiger partial charge in [-0.15, -0.1) is 5.10 Å². The molecule has 0 aromatic carbocycles. The molecule has 1 N–H and O–H groups in total. The minimum Gasteiger partial charge on any atom is -0.504 e. The summed E-state index contributed by atoms with van der Waals surface area (Å²) in [6.45, 7) is 5.38. The molecule has 0 radical (unpaired) electrons. The highest BCUT2D eigenvalue weighted by Crippen LogP contribution is 2.28. The topological polar surface area (TPSA) is 131 Å². The van der Waals surface area contributed by atoms with Crippen molar-refractivity contribution in [3.63, 3.8) is 0 Å². The Hall–Kier alpha value is -3.80. The van der Waals surface area contributed by atoms with E-state index in [1.54, 1.807) is 11.8 Å². The van der Waals surface area contributed by atoms with Crippen LogP contribution in [-0.2, 0) is 17.7 Å². The lowest BCUT2D eigenvalue weighted by molar-refractivity contribution is 0.0737. The Bertz CT molecular complexity index is 1420. The average Bonchev–Trinajstić information content (AvgIpc) is 3.54. The molecule has 35 heavy (non-hydrogen) atoms. The second kappa shape index (κ2) is 8.45. The normalized spacial score (nSPS) is 18.1. The molecule has 3 aliphatic heterocycles. The van der Waals surface area contributed by atoms with Gasteiger partial charge in [0, 0.05) is 32.7 Å². The van der Waals surface area contributed by atoms with Crippen molar-refractivity contribution in [1.29, 1.82) is 0 Å². The molecule has 0 bridgehead atoms. The van der Waals surface area contributed by atoms with Crippen LogP contribution in [0.25, 0.3) is 11.4 Å². The van der Waals surface area contributed by atoms with E-state index in [1.165, 1.54) is 10.8 Å². The fourth-order valence-corrected chi connectivity index (χ4v) is 5.07. The number of ether oxygens (including phenoxy) is 1. The zero-order valence-electron chi connectivity index (χ0n) is 19.5. The molecule has 182 valence electrons. The van der Waals surface area contributed by atoms with Crippen LogP contribution in [-0.4, -0.2) is 84.4 Å². The molecule has 0 saturated carbocycles. The molecule has 3 aliphatic rings. The van der Waals surface area contributed by atoms with Crippen LogP contribution in [0.2, 0.25) is 0 Å². The lowest BCUT2D eigenvalue weighted by atomic mass is 10.1. The van der Waals surface area contributed by atoms with Gasteiger partial charge in [0.25, 0.3) is 11.5 Å². The van der Waals surface area contributed by atoms with Gasteiger partial charge in [-0.2, -0.15) is 9.50 Å². The Morgan fingerprint density at radius 1 is 1.11 bits per heavy atom. The standard InChI is InChI=1S/C23H26N8O4/c1-14-19(32)17(25-13-24-14)21(33)29-9-7-28(8-10-29)18-16-3-2-6-30(16)23-26-20(27-31(23)22(18)34)15-4-11-35-12-5-15/h4,13,32H,2-3,5-12H2,1H3.